The largest absolute Gasteiger partial charge is 0.489 e. The highest BCUT2D eigenvalue weighted by atomic mass is 79.9. The van der Waals surface area contributed by atoms with Gasteiger partial charge in [-0.3, -0.25) is 0 Å². The molecule has 0 aliphatic heterocycles. The van der Waals surface area contributed by atoms with Crippen LogP contribution in [0.4, 0.5) is 13.2 Å². The molecule has 2 aromatic carbocycles. The van der Waals surface area contributed by atoms with Crippen molar-refractivity contribution in [3.8, 4) is 5.75 Å². The van der Waals surface area contributed by atoms with Crippen LogP contribution in [0.3, 0.4) is 0 Å². The van der Waals surface area contributed by atoms with E-state index < -0.39 is 17.5 Å². The molecule has 0 aliphatic carbocycles. The molecule has 0 amide bonds. The van der Waals surface area contributed by atoms with Crippen LogP contribution in [0.1, 0.15) is 5.56 Å². The maximum atomic E-state index is 13.7. The lowest BCUT2D eigenvalue weighted by Crippen LogP contribution is -2.02. The summed E-state index contributed by atoms with van der Waals surface area (Å²) >= 11 is 8.53. The molecule has 100 valence electrons. The quantitative estimate of drug-likeness (QED) is 0.699. The molecule has 0 bridgehead atoms. The first kappa shape index (κ1) is 14.2. The minimum atomic E-state index is -0.729. The first-order valence-electron chi connectivity index (χ1n) is 5.19. The third kappa shape index (κ3) is 3.22. The standard InChI is InChI=1S/C13H7BrClF3O/c14-9-2-4-11(16)8(13(9)18)6-19-7-1-3-12(17)10(15)5-7/h1-5H,6H2. The number of halogens is 5. The SMILES string of the molecule is Fc1ccc(OCc2c(F)ccc(Br)c2F)cc1Cl. The summed E-state index contributed by atoms with van der Waals surface area (Å²) in [5.41, 5.74) is -0.213. The Balaban J connectivity index is 2.19. The molecule has 0 aromatic heterocycles. The number of hydrogen-bond acceptors (Lipinski definition) is 1. The zero-order chi connectivity index (χ0) is 14.0. The van der Waals surface area contributed by atoms with Crippen molar-refractivity contribution in [3.05, 3.63) is 62.8 Å². The predicted octanol–water partition coefficient (Wildman–Crippen LogP) is 5.10. The van der Waals surface area contributed by atoms with Gasteiger partial charge in [-0.15, -0.1) is 0 Å². The van der Waals surface area contributed by atoms with Gasteiger partial charge in [0.2, 0.25) is 0 Å². The van der Waals surface area contributed by atoms with E-state index in [1.165, 1.54) is 18.2 Å². The topological polar surface area (TPSA) is 9.23 Å². The van der Waals surface area contributed by atoms with Gasteiger partial charge in [-0.25, -0.2) is 13.2 Å². The van der Waals surface area contributed by atoms with E-state index in [0.717, 1.165) is 12.1 Å². The molecule has 0 N–H and O–H groups in total. The van der Waals surface area contributed by atoms with Crippen molar-refractivity contribution >= 4 is 27.5 Å². The smallest absolute Gasteiger partial charge is 0.146 e. The van der Waals surface area contributed by atoms with Gasteiger partial charge in [0.15, 0.2) is 0 Å². The average Bonchev–Trinajstić information content (AvgIpc) is 2.38. The zero-order valence-corrected chi connectivity index (χ0v) is 11.7. The van der Waals surface area contributed by atoms with Crippen molar-refractivity contribution in [3.63, 3.8) is 0 Å². The molecule has 19 heavy (non-hydrogen) atoms. The van der Waals surface area contributed by atoms with Gasteiger partial charge >= 0.3 is 0 Å². The minimum absolute atomic E-state index is 0.118. The van der Waals surface area contributed by atoms with Gasteiger partial charge < -0.3 is 4.74 Å². The minimum Gasteiger partial charge on any atom is -0.489 e. The fourth-order valence-corrected chi connectivity index (χ4v) is 1.97. The van der Waals surface area contributed by atoms with Crippen molar-refractivity contribution < 1.29 is 17.9 Å². The van der Waals surface area contributed by atoms with Gasteiger partial charge in [-0.1, -0.05) is 11.6 Å². The van der Waals surface area contributed by atoms with E-state index in [-0.39, 0.29) is 27.4 Å². The highest BCUT2D eigenvalue weighted by Crippen LogP contribution is 2.25. The Labute approximate surface area is 121 Å². The first-order valence-corrected chi connectivity index (χ1v) is 6.36. The van der Waals surface area contributed by atoms with E-state index in [1.54, 1.807) is 0 Å². The summed E-state index contributed by atoms with van der Waals surface area (Å²) in [7, 11) is 0. The third-order valence-electron chi connectivity index (χ3n) is 2.41. The predicted molar refractivity (Wildman–Crippen MR) is 69.8 cm³/mol. The number of rotatable bonds is 3. The van der Waals surface area contributed by atoms with Crippen LogP contribution < -0.4 is 4.74 Å². The van der Waals surface area contributed by atoms with Crippen molar-refractivity contribution in [1.29, 1.82) is 0 Å². The van der Waals surface area contributed by atoms with E-state index in [2.05, 4.69) is 15.9 Å². The molecule has 0 heterocycles. The van der Waals surface area contributed by atoms with E-state index in [9.17, 15) is 13.2 Å². The van der Waals surface area contributed by atoms with E-state index in [1.807, 2.05) is 0 Å². The average molecular weight is 352 g/mol. The maximum Gasteiger partial charge on any atom is 0.146 e. The Morgan fingerprint density at radius 2 is 1.74 bits per heavy atom. The van der Waals surface area contributed by atoms with Crippen molar-refractivity contribution in [2.45, 2.75) is 6.61 Å². The van der Waals surface area contributed by atoms with E-state index in [4.69, 9.17) is 16.3 Å². The lowest BCUT2D eigenvalue weighted by atomic mass is 10.2. The molecule has 1 nitrogen and oxygen atoms in total. The van der Waals surface area contributed by atoms with Crippen LogP contribution in [0.5, 0.6) is 5.75 Å². The molecule has 0 aliphatic rings. The van der Waals surface area contributed by atoms with Gasteiger partial charge in [-0.2, -0.15) is 0 Å². The molecule has 0 fully saturated rings. The van der Waals surface area contributed by atoms with Crippen LogP contribution >= 0.6 is 27.5 Å². The maximum absolute atomic E-state index is 13.7. The molecule has 0 saturated heterocycles. The van der Waals surface area contributed by atoms with Gasteiger partial charge in [0.25, 0.3) is 0 Å². The number of benzene rings is 2. The molecule has 0 radical (unpaired) electrons. The van der Waals surface area contributed by atoms with Crippen LogP contribution in [0.2, 0.25) is 5.02 Å². The molecule has 2 rings (SSSR count). The molecule has 2 aromatic rings. The molecular weight excluding hydrogens is 344 g/mol. The zero-order valence-electron chi connectivity index (χ0n) is 9.39. The highest BCUT2D eigenvalue weighted by molar-refractivity contribution is 9.10. The Bertz CT molecular complexity index is 619. The summed E-state index contributed by atoms with van der Waals surface area (Å²) < 4.78 is 45.4. The Morgan fingerprint density at radius 3 is 2.42 bits per heavy atom. The third-order valence-corrected chi connectivity index (χ3v) is 3.32. The van der Waals surface area contributed by atoms with Crippen LogP contribution in [0, 0.1) is 17.5 Å². The molecule has 6 heteroatoms. The summed E-state index contributed by atoms with van der Waals surface area (Å²) in [5, 5.41) is -0.118. The molecule has 0 atom stereocenters. The number of ether oxygens (including phenoxy) is 1. The van der Waals surface area contributed by atoms with E-state index in [0.29, 0.717) is 0 Å². The van der Waals surface area contributed by atoms with Gasteiger partial charge in [0.1, 0.15) is 29.8 Å². The summed E-state index contributed by atoms with van der Waals surface area (Å²) in [6, 6.07) is 6.08. The highest BCUT2D eigenvalue weighted by Gasteiger charge is 2.13. The van der Waals surface area contributed by atoms with Crippen molar-refractivity contribution in [2.24, 2.45) is 0 Å². The van der Waals surface area contributed by atoms with Crippen molar-refractivity contribution in [2.75, 3.05) is 0 Å². The lowest BCUT2D eigenvalue weighted by molar-refractivity contribution is 0.292. The second-order valence-corrected chi connectivity index (χ2v) is 4.95. The fraction of sp³-hybridized carbons (Fsp3) is 0.0769. The number of hydrogen-bond donors (Lipinski definition) is 0. The van der Waals surface area contributed by atoms with Crippen LogP contribution in [-0.4, -0.2) is 0 Å². The van der Waals surface area contributed by atoms with Crippen LogP contribution in [0.25, 0.3) is 0 Å². The van der Waals surface area contributed by atoms with Gasteiger partial charge in [-0.05, 0) is 40.2 Å². The summed E-state index contributed by atoms with van der Waals surface area (Å²) in [5.74, 6) is -1.80. The molecule has 0 spiro atoms. The molecule has 0 unspecified atom stereocenters. The van der Waals surface area contributed by atoms with E-state index >= 15 is 0 Å². The Kier molecular flexibility index (Phi) is 4.37. The molecule has 0 saturated carbocycles. The second-order valence-electron chi connectivity index (χ2n) is 3.69. The van der Waals surface area contributed by atoms with Crippen LogP contribution in [-0.2, 0) is 6.61 Å². The normalized spacial score (nSPS) is 10.6. The Morgan fingerprint density at radius 1 is 1.05 bits per heavy atom. The first-order chi connectivity index (χ1) is 8.99. The monoisotopic (exact) mass is 350 g/mol. The molecular formula is C13H7BrClF3O. The summed E-state index contributed by atoms with van der Waals surface area (Å²) in [6.45, 7) is -0.320. The van der Waals surface area contributed by atoms with Crippen LogP contribution in [0.15, 0.2) is 34.8 Å². The lowest BCUT2D eigenvalue weighted by Gasteiger charge is -2.09. The van der Waals surface area contributed by atoms with Gasteiger partial charge in [0, 0.05) is 6.07 Å². The van der Waals surface area contributed by atoms with Gasteiger partial charge in [0.05, 0.1) is 15.1 Å². The van der Waals surface area contributed by atoms with Crippen molar-refractivity contribution in [1.82, 2.24) is 0 Å². The Hall–Kier alpha value is -1.20. The summed E-state index contributed by atoms with van der Waals surface area (Å²) in [4.78, 5) is 0. The fourth-order valence-electron chi connectivity index (χ4n) is 1.42. The second kappa shape index (κ2) is 5.84. The summed E-state index contributed by atoms with van der Waals surface area (Å²) in [6.07, 6.45) is 0.